The molecule has 0 fully saturated rings. The molecule has 0 aliphatic rings. The Morgan fingerprint density at radius 2 is 2.00 bits per heavy atom. The minimum absolute atomic E-state index is 0.0952. The van der Waals surface area contributed by atoms with Crippen LogP contribution in [-0.4, -0.2) is 20.1 Å². The number of hydrogen-bond acceptors (Lipinski definition) is 3. The van der Waals surface area contributed by atoms with Crippen molar-refractivity contribution in [3.8, 4) is 5.75 Å². The van der Waals surface area contributed by atoms with E-state index in [1.807, 2.05) is 56.4 Å². The Labute approximate surface area is 125 Å². The Morgan fingerprint density at radius 3 is 2.71 bits per heavy atom. The number of rotatable bonds is 5. The summed E-state index contributed by atoms with van der Waals surface area (Å²) in [6.45, 7) is 2.46. The summed E-state index contributed by atoms with van der Waals surface area (Å²) >= 11 is 0. The van der Waals surface area contributed by atoms with Gasteiger partial charge in [0.25, 0.3) is 5.91 Å². The van der Waals surface area contributed by atoms with E-state index in [0.29, 0.717) is 12.1 Å². The molecule has 110 valence electrons. The van der Waals surface area contributed by atoms with Gasteiger partial charge < -0.3 is 15.4 Å². The second-order valence-corrected chi connectivity index (χ2v) is 4.83. The minimum Gasteiger partial charge on any atom is -0.497 e. The third-order valence-electron chi connectivity index (χ3n) is 3.28. The van der Waals surface area contributed by atoms with Crippen LogP contribution in [0.4, 0.5) is 5.69 Å². The summed E-state index contributed by atoms with van der Waals surface area (Å²) in [6.07, 6.45) is 0. The molecule has 0 saturated heterocycles. The maximum absolute atomic E-state index is 12.3. The second kappa shape index (κ2) is 6.79. The van der Waals surface area contributed by atoms with Crippen LogP contribution in [-0.2, 0) is 6.54 Å². The van der Waals surface area contributed by atoms with Crippen LogP contribution in [0.25, 0.3) is 0 Å². The van der Waals surface area contributed by atoms with Crippen molar-refractivity contribution in [1.82, 2.24) is 5.32 Å². The fraction of sp³-hybridized carbons (Fsp3) is 0.235. The first-order valence-electron chi connectivity index (χ1n) is 6.83. The molecule has 0 aliphatic heterocycles. The lowest BCUT2D eigenvalue weighted by atomic mass is 10.1. The van der Waals surface area contributed by atoms with E-state index in [2.05, 4.69) is 10.6 Å². The third-order valence-corrected chi connectivity index (χ3v) is 3.28. The van der Waals surface area contributed by atoms with Crippen LogP contribution in [0.3, 0.4) is 0 Å². The average Bonchev–Trinajstić information content (AvgIpc) is 2.52. The van der Waals surface area contributed by atoms with Gasteiger partial charge in [-0.05, 0) is 42.3 Å². The van der Waals surface area contributed by atoms with Gasteiger partial charge >= 0.3 is 0 Å². The molecule has 0 bridgehead atoms. The van der Waals surface area contributed by atoms with E-state index < -0.39 is 0 Å². The highest BCUT2D eigenvalue weighted by atomic mass is 16.5. The highest BCUT2D eigenvalue weighted by Gasteiger charge is 2.10. The van der Waals surface area contributed by atoms with Gasteiger partial charge in [-0.25, -0.2) is 0 Å². The fourth-order valence-corrected chi connectivity index (χ4v) is 2.12. The van der Waals surface area contributed by atoms with Gasteiger partial charge in [-0.3, -0.25) is 4.79 Å². The molecule has 2 N–H and O–H groups in total. The molecule has 0 unspecified atom stereocenters. The monoisotopic (exact) mass is 284 g/mol. The first-order chi connectivity index (χ1) is 10.1. The van der Waals surface area contributed by atoms with Gasteiger partial charge in [-0.2, -0.15) is 0 Å². The van der Waals surface area contributed by atoms with Gasteiger partial charge in [0.2, 0.25) is 0 Å². The SMILES string of the molecule is CNc1cc(C)ccc1C(=O)NCc1cccc(OC)c1. The van der Waals surface area contributed by atoms with E-state index in [4.69, 9.17) is 4.74 Å². The van der Waals surface area contributed by atoms with Crippen LogP contribution < -0.4 is 15.4 Å². The third kappa shape index (κ3) is 3.75. The van der Waals surface area contributed by atoms with Crippen LogP contribution in [0.1, 0.15) is 21.5 Å². The topological polar surface area (TPSA) is 50.4 Å². The van der Waals surface area contributed by atoms with Gasteiger partial charge in [0.15, 0.2) is 0 Å². The molecule has 0 radical (unpaired) electrons. The zero-order chi connectivity index (χ0) is 15.2. The summed E-state index contributed by atoms with van der Waals surface area (Å²) in [5.74, 6) is 0.690. The van der Waals surface area contributed by atoms with E-state index >= 15 is 0 Å². The number of aryl methyl sites for hydroxylation is 1. The van der Waals surface area contributed by atoms with Crippen molar-refractivity contribution in [2.45, 2.75) is 13.5 Å². The van der Waals surface area contributed by atoms with E-state index in [-0.39, 0.29) is 5.91 Å². The van der Waals surface area contributed by atoms with Crippen LogP contribution >= 0.6 is 0 Å². The normalized spacial score (nSPS) is 10.0. The van der Waals surface area contributed by atoms with Crippen molar-refractivity contribution in [2.24, 2.45) is 0 Å². The second-order valence-electron chi connectivity index (χ2n) is 4.83. The van der Waals surface area contributed by atoms with Gasteiger partial charge in [0.1, 0.15) is 5.75 Å². The molecule has 4 heteroatoms. The predicted octanol–water partition coefficient (Wildman–Crippen LogP) is 2.98. The number of hydrogen-bond donors (Lipinski definition) is 2. The molecule has 21 heavy (non-hydrogen) atoms. The van der Waals surface area contributed by atoms with E-state index in [9.17, 15) is 4.79 Å². The zero-order valence-electron chi connectivity index (χ0n) is 12.6. The average molecular weight is 284 g/mol. The smallest absolute Gasteiger partial charge is 0.253 e. The highest BCUT2D eigenvalue weighted by molar-refractivity contribution is 5.99. The molecule has 0 atom stereocenters. The molecule has 0 aliphatic carbocycles. The van der Waals surface area contributed by atoms with Crippen LogP contribution in [0, 0.1) is 6.92 Å². The number of anilines is 1. The van der Waals surface area contributed by atoms with E-state index in [0.717, 1.165) is 22.6 Å². The van der Waals surface area contributed by atoms with E-state index in [1.54, 1.807) is 7.11 Å². The summed E-state index contributed by atoms with van der Waals surface area (Å²) < 4.78 is 5.17. The number of methoxy groups -OCH3 is 1. The van der Waals surface area contributed by atoms with Crippen molar-refractivity contribution in [2.75, 3.05) is 19.5 Å². The first kappa shape index (κ1) is 14.9. The van der Waals surface area contributed by atoms with Gasteiger partial charge in [0, 0.05) is 19.3 Å². The number of carbonyl (C=O) groups is 1. The van der Waals surface area contributed by atoms with Crippen LogP contribution in [0.15, 0.2) is 42.5 Å². The fourth-order valence-electron chi connectivity index (χ4n) is 2.12. The van der Waals surface area contributed by atoms with Gasteiger partial charge in [-0.15, -0.1) is 0 Å². The molecule has 0 heterocycles. The predicted molar refractivity (Wildman–Crippen MR) is 84.9 cm³/mol. The Balaban J connectivity index is 2.08. The molecule has 2 aromatic carbocycles. The lowest BCUT2D eigenvalue weighted by Crippen LogP contribution is -2.23. The van der Waals surface area contributed by atoms with Crippen molar-refractivity contribution in [3.05, 3.63) is 59.2 Å². The summed E-state index contributed by atoms with van der Waals surface area (Å²) in [6, 6.07) is 13.4. The van der Waals surface area contributed by atoms with Crippen molar-refractivity contribution in [3.63, 3.8) is 0 Å². The highest BCUT2D eigenvalue weighted by Crippen LogP contribution is 2.17. The molecular formula is C17H20N2O2. The molecule has 0 spiro atoms. The molecule has 0 aromatic heterocycles. The molecule has 4 nitrogen and oxygen atoms in total. The summed E-state index contributed by atoms with van der Waals surface area (Å²) in [5.41, 5.74) is 3.59. The maximum atomic E-state index is 12.3. The molecule has 2 rings (SSSR count). The lowest BCUT2D eigenvalue weighted by molar-refractivity contribution is 0.0951. The van der Waals surface area contributed by atoms with Crippen LogP contribution in [0.2, 0.25) is 0 Å². The standard InChI is InChI=1S/C17H20N2O2/c1-12-7-8-15(16(9-12)18-2)17(20)19-11-13-5-4-6-14(10-13)21-3/h4-10,18H,11H2,1-3H3,(H,19,20). The summed E-state index contributed by atoms with van der Waals surface area (Å²) in [5, 5.41) is 5.98. The quantitative estimate of drug-likeness (QED) is 0.887. The van der Waals surface area contributed by atoms with Gasteiger partial charge in [0.05, 0.1) is 12.7 Å². The largest absolute Gasteiger partial charge is 0.497 e. The Hall–Kier alpha value is -2.49. The van der Waals surface area contributed by atoms with E-state index in [1.165, 1.54) is 0 Å². The number of nitrogens with one attached hydrogen (secondary N) is 2. The van der Waals surface area contributed by atoms with Crippen molar-refractivity contribution < 1.29 is 9.53 Å². The first-order valence-corrected chi connectivity index (χ1v) is 6.83. The minimum atomic E-state index is -0.0952. The van der Waals surface area contributed by atoms with Gasteiger partial charge in [-0.1, -0.05) is 18.2 Å². The zero-order valence-corrected chi connectivity index (χ0v) is 12.6. The summed E-state index contributed by atoms with van der Waals surface area (Å²) in [7, 11) is 3.44. The van der Waals surface area contributed by atoms with Crippen molar-refractivity contribution in [1.29, 1.82) is 0 Å². The Bertz CT molecular complexity index is 638. The number of carbonyl (C=O) groups excluding carboxylic acids is 1. The molecule has 2 aromatic rings. The molecular weight excluding hydrogens is 264 g/mol. The molecule has 0 saturated carbocycles. The summed E-state index contributed by atoms with van der Waals surface area (Å²) in [4.78, 5) is 12.3. The number of amides is 1. The number of ether oxygens (including phenoxy) is 1. The van der Waals surface area contributed by atoms with Crippen LogP contribution in [0.5, 0.6) is 5.75 Å². The Morgan fingerprint density at radius 1 is 1.19 bits per heavy atom. The van der Waals surface area contributed by atoms with Crippen molar-refractivity contribution >= 4 is 11.6 Å². The number of benzene rings is 2. The lowest BCUT2D eigenvalue weighted by Gasteiger charge is -2.11. The maximum Gasteiger partial charge on any atom is 0.253 e. The molecule has 1 amide bonds. The Kier molecular flexibility index (Phi) is 4.82.